The summed E-state index contributed by atoms with van der Waals surface area (Å²) in [5.41, 5.74) is 2.08. The zero-order chi connectivity index (χ0) is 18.1. The molecule has 2 rings (SSSR count). The predicted molar refractivity (Wildman–Crippen MR) is 121 cm³/mol. The van der Waals surface area contributed by atoms with Crippen molar-refractivity contribution < 1.29 is 0 Å². The maximum absolute atomic E-state index is 4.53. The van der Waals surface area contributed by atoms with Crippen molar-refractivity contribution in [1.82, 2.24) is 20.5 Å². The van der Waals surface area contributed by atoms with Gasteiger partial charge in [0, 0.05) is 25.3 Å². The van der Waals surface area contributed by atoms with E-state index in [-0.39, 0.29) is 24.0 Å². The van der Waals surface area contributed by atoms with E-state index in [1.165, 1.54) is 38.8 Å². The fraction of sp³-hybridized carbons (Fsp3) is 0.700. The molecule has 2 N–H and O–H groups in total. The first-order chi connectivity index (χ1) is 12.1. The van der Waals surface area contributed by atoms with Crippen molar-refractivity contribution >= 4 is 29.9 Å². The van der Waals surface area contributed by atoms with E-state index < -0.39 is 0 Å². The normalized spacial score (nSPS) is 17.3. The molecule has 0 saturated carbocycles. The van der Waals surface area contributed by atoms with Gasteiger partial charge in [-0.25, -0.2) is 0 Å². The molecular formula is C20H36IN5. The SMILES string of the molecule is CN=C(NCc1cccc(C)n1)NCC(C(C)C)N1CCCCCC1.I. The minimum atomic E-state index is 0. The second-order valence-electron chi connectivity index (χ2n) is 7.34. The number of hydrogen-bond donors (Lipinski definition) is 2. The van der Waals surface area contributed by atoms with Crippen LogP contribution in [0.15, 0.2) is 23.2 Å². The molecule has 1 aliphatic rings. The second-order valence-corrected chi connectivity index (χ2v) is 7.34. The summed E-state index contributed by atoms with van der Waals surface area (Å²) in [5, 5.41) is 6.90. The molecule has 6 heteroatoms. The van der Waals surface area contributed by atoms with E-state index in [0.29, 0.717) is 18.5 Å². The Balaban J connectivity index is 0.00000338. The number of aliphatic imine (C=N–C) groups is 1. The van der Waals surface area contributed by atoms with E-state index >= 15 is 0 Å². The molecule has 1 unspecified atom stereocenters. The molecule has 2 heterocycles. The molecule has 1 fully saturated rings. The summed E-state index contributed by atoms with van der Waals surface area (Å²) in [6, 6.07) is 6.66. The Morgan fingerprint density at radius 2 is 1.85 bits per heavy atom. The minimum absolute atomic E-state index is 0. The van der Waals surface area contributed by atoms with Gasteiger partial charge in [-0.05, 0) is 50.9 Å². The molecule has 5 nitrogen and oxygen atoms in total. The molecule has 0 radical (unpaired) electrons. The highest BCUT2D eigenvalue weighted by Crippen LogP contribution is 2.17. The highest BCUT2D eigenvalue weighted by atomic mass is 127. The van der Waals surface area contributed by atoms with Crippen LogP contribution < -0.4 is 10.6 Å². The molecule has 0 amide bonds. The summed E-state index contributed by atoms with van der Waals surface area (Å²) in [4.78, 5) is 11.6. The smallest absolute Gasteiger partial charge is 0.191 e. The van der Waals surface area contributed by atoms with Gasteiger partial charge in [0.15, 0.2) is 5.96 Å². The fourth-order valence-electron chi connectivity index (χ4n) is 3.51. The number of aryl methyl sites for hydroxylation is 1. The van der Waals surface area contributed by atoms with Crippen LogP contribution >= 0.6 is 24.0 Å². The van der Waals surface area contributed by atoms with Gasteiger partial charge in [0.2, 0.25) is 0 Å². The Morgan fingerprint density at radius 1 is 1.15 bits per heavy atom. The van der Waals surface area contributed by atoms with Crippen molar-refractivity contribution in [2.75, 3.05) is 26.7 Å². The van der Waals surface area contributed by atoms with Gasteiger partial charge < -0.3 is 10.6 Å². The summed E-state index contributed by atoms with van der Waals surface area (Å²) in [7, 11) is 1.83. The molecule has 1 aliphatic heterocycles. The van der Waals surface area contributed by atoms with Crippen molar-refractivity contribution in [2.45, 2.75) is 59.0 Å². The van der Waals surface area contributed by atoms with Crippen LogP contribution in [0.5, 0.6) is 0 Å². The molecular weight excluding hydrogens is 437 g/mol. The molecule has 1 atom stereocenters. The Hall–Kier alpha value is -0.890. The van der Waals surface area contributed by atoms with Gasteiger partial charge in [0.25, 0.3) is 0 Å². The van der Waals surface area contributed by atoms with Gasteiger partial charge in [0.05, 0.1) is 12.2 Å². The highest BCUT2D eigenvalue weighted by molar-refractivity contribution is 14.0. The molecule has 26 heavy (non-hydrogen) atoms. The molecule has 0 aliphatic carbocycles. The number of likely N-dealkylation sites (tertiary alicyclic amines) is 1. The number of pyridine rings is 1. The van der Waals surface area contributed by atoms with Crippen LogP contribution in [-0.4, -0.2) is 48.6 Å². The third-order valence-electron chi connectivity index (χ3n) is 4.96. The fourth-order valence-corrected chi connectivity index (χ4v) is 3.51. The summed E-state index contributed by atoms with van der Waals surface area (Å²) >= 11 is 0. The predicted octanol–water partition coefficient (Wildman–Crippen LogP) is 3.57. The van der Waals surface area contributed by atoms with Crippen molar-refractivity contribution in [2.24, 2.45) is 10.9 Å². The van der Waals surface area contributed by atoms with E-state index in [2.05, 4.69) is 39.4 Å². The number of halogens is 1. The minimum Gasteiger partial charge on any atom is -0.355 e. The average Bonchev–Trinajstić information content (AvgIpc) is 2.87. The lowest BCUT2D eigenvalue weighted by atomic mass is 10.0. The zero-order valence-electron chi connectivity index (χ0n) is 16.8. The van der Waals surface area contributed by atoms with Crippen LogP contribution in [0.2, 0.25) is 0 Å². The van der Waals surface area contributed by atoms with Gasteiger partial charge in [-0.3, -0.25) is 14.9 Å². The lowest BCUT2D eigenvalue weighted by molar-refractivity contribution is 0.161. The number of nitrogens with zero attached hydrogens (tertiary/aromatic N) is 3. The van der Waals surface area contributed by atoms with Crippen molar-refractivity contribution in [3.63, 3.8) is 0 Å². The van der Waals surface area contributed by atoms with Gasteiger partial charge in [-0.2, -0.15) is 0 Å². The van der Waals surface area contributed by atoms with Gasteiger partial charge in [-0.15, -0.1) is 24.0 Å². The Kier molecular flexibility index (Phi) is 11.1. The van der Waals surface area contributed by atoms with Crippen molar-refractivity contribution in [3.05, 3.63) is 29.6 Å². The van der Waals surface area contributed by atoms with Crippen molar-refractivity contribution in [1.29, 1.82) is 0 Å². The first-order valence-electron chi connectivity index (χ1n) is 9.71. The standard InChI is InChI=1S/C20H35N5.HI/c1-16(2)19(25-12-7-5-6-8-13-25)15-23-20(21-4)22-14-18-11-9-10-17(3)24-18;/h9-11,16,19H,5-8,12-15H2,1-4H3,(H2,21,22,23);1H. The maximum Gasteiger partial charge on any atom is 0.191 e. The lowest BCUT2D eigenvalue weighted by Gasteiger charge is -2.34. The molecule has 148 valence electrons. The first kappa shape index (κ1) is 23.1. The summed E-state index contributed by atoms with van der Waals surface area (Å²) in [6.45, 7) is 10.7. The van der Waals surface area contributed by atoms with Crippen LogP contribution in [0.1, 0.15) is 50.9 Å². The van der Waals surface area contributed by atoms with Gasteiger partial charge >= 0.3 is 0 Å². The number of hydrogen-bond acceptors (Lipinski definition) is 3. The number of guanidine groups is 1. The van der Waals surface area contributed by atoms with Crippen molar-refractivity contribution in [3.8, 4) is 0 Å². The summed E-state index contributed by atoms with van der Waals surface area (Å²) in [6.07, 6.45) is 5.41. The highest BCUT2D eigenvalue weighted by Gasteiger charge is 2.22. The molecule has 0 bridgehead atoms. The second kappa shape index (κ2) is 12.5. The average molecular weight is 473 g/mol. The molecule has 1 aromatic heterocycles. The maximum atomic E-state index is 4.53. The number of aromatic nitrogens is 1. The van der Waals surface area contributed by atoms with E-state index in [9.17, 15) is 0 Å². The quantitative estimate of drug-likeness (QED) is 0.377. The Bertz CT molecular complexity index is 539. The summed E-state index contributed by atoms with van der Waals surface area (Å²) < 4.78 is 0. The zero-order valence-corrected chi connectivity index (χ0v) is 19.1. The van der Waals surface area contributed by atoms with Crippen LogP contribution in [0.4, 0.5) is 0 Å². The number of rotatable bonds is 6. The molecule has 0 spiro atoms. The van der Waals surface area contributed by atoms with Crippen LogP contribution in [0, 0.1) is 12.8 Å². The topological polar surface area (TPSA) is 52.6 Å². The van der Waals surface area contributed by atoms with Crippen LogP contribution in [-0.2, 0) is 6.54 Å². The monoisotopic (exact) mass is 473 g/mol. The number of nitrogens with one attached hydrogen (secondary N) is 2. The van der Waals surface area contributed by atoms with E-state index in [4.69, 9.17) is 0 Å². The van der Waals surface area contributed by atoms with Crippen LogP contribution in [0.25, 0.3) is 0 Å². The van der Waals surface area contributed by atoms with Gasteiger partial charge in [0.1, 0.15) is 0 Å². The van der Waals surface area contributed by atoms with E-state index in [1.807, 2.05) is 32.2 Å². The van der Waals surface area contributed by atoms with E-state index in [1.54, 1.807) is 0 Å². The molecule has 1 aromatic rings. The van der Waals surface area contributed by atoms with Crippen LogP contribution in [0.3, 0.4) is 0 Å². The largest absolute Gasteiger partial charge is 0.355 e. The third kappa shape index (κ3) is 7.78. The third-order valence-corrected chi connectivity index (χ3v) is 4.96. The summed E-state index contributed by atoms with van der Waals surface area (Å²) in [5.74, 6) is 1.48. The van der Waals surface area contributed by atoms with E-state index in [0.717, 1.165) is 23.9 Å². The van der Waals surface area contributed by atoms with Gasteiger partial charge in [-0.1, -0.05) is 32.8 Å². The lowest BCUT2D eigenvalue weighted by Crippen LogP contribution is -2.49. The molecule has 1 saturated heterocycles. The molecule has 0 aromatic carbocycles. The Labute approximate surface area is 176 Å². The first-order valence-corrected chi connectivity index (χ1v) is 9.71. The Morgan fingerprint density at radius 3 is 2.42 bits per heavy atom.